The van der Waals surface area contributed by atoms with Gasteiger partial charge in [0.2, 0.25) is 0 Å². The monoisotopic (exact) mass is 811 g/mol. The molecule has 0 saturated heterocycles. The van der Waals surface area contributed by atoms with Crippen molar-refractivity contribution in [2.45, 2.75) is 5.41 Å². The molecule has 13 rings (SSSR count). The molecule has 0 atom stereocenters. The number of fused-ring (bicyclic) bond motifs is 12. The summed E-state index contributed by atoms with van der Waals surface area (Å²) in [4.78, 5) is 2.57. The van der Waals surface area contributed by atoms with Crippen molar-refractivity contribution in [1.82, 2.24) is 0 Å². The fourth-order valence-electron chi connectivity index (χ4n) is 11.1. The molecule has 11 aromatic rings. The Morgan fingerprint density at radius 3 is 1.33 bits per heavy atom. The lowest BCUT2D eigenvalue weighted by molar-refractivity contribution is 0.793. The summed E-state index contributed by atoms with van der Waals surface area (Å²) in [5.74, 6) is 0. The van der Waals surface area contributed by atoms with Crippen molar-refractivity contribution in [1.29, 1.82) is 0 Å². The predicted octanol–water partition coefficient (Wildman–Crippen LogP) is 16.8. The fraction of sp³-hybridized carbons (Fsp3) is 0.0159. The quantitative estimate of drug-likeness (QED) is 0.162. The van der Waals surface area contributed by atoms with E-state index >= 15 is 0 Å². The molecule has 2 aliphatic carbocycles. The van der Waals surface area contributed by atoms with E-state index in [0.717, 1.165) is 17.1 Å². The number of hydrogen-bond acceptors (Lipinski definition) is 1. The molecule has 64 heavy (non-hydrogen) atoms. The van der Waals surface area contributed by atoms with Crippen LogP contribution in [0.2, 0.25) is 0 Å². The van der Waals surface area contributed by atoms with Gasteiger partial charge in [-0.25, -0.2) is 0 Å². The van der Waals surface area contributed by atoms with Crippen molar-refractivity contribution in [2.75, 3.05) is 4.90 Å². The summed E-state index contributed by atoms with van der Waals surface area (Å²) in [7, 11) is 0. The number of nitrogens with zero attached hydrogens (tertiary/aromatic N) is 1. The molecule has 11 aromatic carbocycles. The van der Waals surface area contributed by atoms with Gasteiger partial charge in [-0.1, -0.05) is 212 Å². The highest BCUT2D eigenvalue weighted by molar-refractivity contribution is 6.04. The number of hydrogen-bond donors (Lipinski definition) is 0. The highest BCUT2D eigenvalue weighted by atomic mass is 15.1. The largest absolute Gasteiger partial charge is 0.309 e. The molecule has 0 fully saturated rings. The molecule has 0 saturated carbocycles. The molecular weight excluding hydrogens is 771 g/mol. The highest BCUT2D eigenvalue weighted by Gasteiger charge is 2.53. The second-order valence-corrected chi connectivity index (χ2v) is 17.2. The summed E-state index contributed by atoms with van der Waals surface area (Å²) in [6.07, 6.45) is 0. The molecule has 0 bridgehead atoms. The van der Waals surface area contributed by atoms with Crippen LogP contribution in [0.25, 0.3) is 77.2 Å². The maximum atomic E-state index is 2.57. The second-order valence-electron chi connectivity index (χ2n) is 17.2. The molecule has 0 amide bonds. The van der Waals surface area contributed by atoms with E-state index in [1.807, 2.05) is 0 Å². The second kappa shape index (κ2) is 14.4. The standard InChI is InChI=1S/C63H41N/c1-2-16-42(17-3-1)45-36-38-50(39-37-45)64(59-30-14-25-51(48-34-32-43-18-4-6-20-46(43)40-48)61(59)49-35-33-44-19-5-7-21-47(44)41-49)60-31-15-26-55-54-24-10-13-29-58(54)63(62(55)60)56-27-11-8-22-52(56)53-23-9-12-28-57(53)63/h1-41H. The van der Waals surface area contributed by atoms with Gasteiger partial charge in [0.25, 0.3) is 0 Å². The molecule has 2 aliphatic rings. The molecule has 0 heterocycles. The Bertz CT molecular complexity index is 3550. The van der Waals surface area contributed by atoms with Crippen LogP contribution in [-0.4, -0.2) is 0 Å². The molecule has 0 aromatic heterocycles. The van der Waals surface area contributed by atoms with Gasteiger partial charge in [-0.15, -0.1) is 0 Å². The molecule has 0 unspecified atom stereocenters. The lowest BCUT2D eigenvalue weighted by Crippen LogP contribution is -2.28. The van der Waals surface area contributed by atoms with Crippen molar-refractivity contribution in [3.05, 3.63) is 271 Å². The molecule has 0 radical (unpaired) electrons. The number of rotatable bonds is 6. The van der Waals surface area contributed by atoms with Gasteiger partial charge in [-0.2, -0.15) is 0 Å². The average molecular weight is 812 g/mol. The van der Waals surface area contributed by atoms with Crippen LogP contribution in [0.5, 0.6) is 0 Å². The molecule has 1 spiro atoms. The Kier molecular flexibility index (Phi) is 8.20. The summed E-state index contributed by atoms with van der Waals surface area (Å²) in [5.41, 5.74) is 20.4. The lowest BCUT2D eigenvalue weighted by atomic mass is 9.70. The first-order valence-electron chi connectivity index (χ1n) is 22.3. The summed E-state index contributed by atoms with van der Waals surface area (Å²) < 4.78 is 0. The van der Waals surface area contributed by atoms with Crippen molar-refractivity contribution in [2.24, 2.45) is 0 Å². The van der Waals surface area contributed by atoms with Crippen molar-refractivity contribution in [3.8, 4) is 55.6 Å². The van der Waals surface area contributed by atoms with Crippen LogP contribution in [-0.2, 0) is 5.41 Å². The minimum Gasteiger partial charge on any atom is -0.309 e. The van der Waals surface area contributed by atoms with Crippen molar-refractivity contribution >= 4 is 38.6 Å². The van der Waals surface area contributed by atoms with Crippen molar-refractivity contribution < 1.29 is 0 Å². The van der Waals surface area contributed by atoms with E-state index in [2.05, 4.69) is 254 Å². The lowest BCUT2D eigenvalue weighted by Gasteiger charge is -2.36. The van der Waals surface area contributed by atoms with Gasteiger partial charge in [-0.05, 0) is 125 Å². The zero-order valence-corrected chi connectivity index (χ0v) is 35.1. The topological polar surface area (TPSA) is 3.24 Å². The van der Waals surface area contributed by atoms with Crippen LogP contribution in [0.4, 0.5) is 17.1 Å². The molecule has 0 aliphatic heterocycles. The van der Waals surface area contributed by atoms with E-state index in [0.29, 0.717) is 0 Å². The molecule has 1 nitrogen and oxygen atoms in total. The maximum Gasteiger partial charge on any atom is 0.0746 e. The molecular formula is C63H41N. The molecule has 298 valence electrons. The van der Waals surface area contributed by atoms with Crippen LogP contribution in [0.15, 0.2) is 249 Å². The van der Waals surface area contributed by atoms with E-state index in [1.54, 1.807) is 0 Å². The van der Waals surface area contributed by atoms with Gasteiger partial charge in [0.15, 0.2) is 0 Å². The van der Waals surface area contributed by atoms with E-state index < -0.39 is 5.41 Å². The van der Waals surface area contributed by atoms with Gasteiger partial charge in [0, 0.05) is 16.8 Å². The van der Waals surface area contributed by atoms with Crippen LogP contribution in [0.1, 0.15) is 22.3 Å². The van der Waals surface area contributed by atoms with Crippen molar-refractivity contribution in [3.63, 3.8) is 0 Å². The first-order valence-corrected chi connectivity index (χ1v) is 22.3. The summed E-state index contributed by atoms with van der Waals surface area (Å²) in [6.45, 7) is 0. The molecule has 1 heteroatoms. The van der Waals surface area contributed by atoms with Crippen LogP contribution >= 0.6 is 0 Å². The minimum atomic E-state index is -0.545. The normalized spacial score (nSPS) is 12.8. The number of anilines is 3. The van der Waals surface area contributed by atoms with Crippen LogP contribution in [0, 0.1) is 0 Å². The third kappa shape index (κ3) is 5.38. The average Bonchev–Trinajstić information content (AvgIpc) is 3.84. The van der Waals surface area contributed by atoms with E-state index in [9.17, 15) is 0 Å². The summed E-state index contributed by atoms with van der Waals surface area (Å²) in [6, 6.07) is 92.4. The third-order valence-electron chi connectivity index (χ3n) is 13.8. The minimum absolute atomic E-state index is 0.545. The Morgan fingerprint density at radius 1 is 0.266 bits per heavy atom. The van der Waals surface area contributed by atoms with Gasteiger partial charge in [0.1, 0.15) is 0 Å². The molecule has 0 N–H and O–H groups in total. The SMILES string of the molecule is c1ccc(-c2ccc(N(c3cccc(-c4ccc5ccccc5c4)c3-c3ccc4ccccc4c3)c3cccc4c3C3(c5ccccc5-c5ccccc53)c3ccccc3-4)cc2)cc1. The number of benzene rings is 11. The Hall–Kier alpha value is -8.26. The van der Waals surface area contributed by atoms with E-state index in [-0.39, 0.29) is 0 Å². The van der Waals surface area contributed by atoms with Crippen LogP contribution in [0.3, 0.4) is 0 Å². The third-order valence-corrected chi connectivity index (χ3v) is 13.8. The summed E-state index contributed by atoms with van der Waals surface area (Å²) >= 11 is 0. The van der Waals surface area contributed by atoms with Gasteiger partial charge < -0.3 is 4.90 Å². The Balaban J connectivity index is 1.15. The van der Waals surface area contributed by atoms with E-state index in [4.69, 9.17) is 0 Å². The zero-order valence-electron chi connectivity index (χ0n) is 35.1. The van der Waals surface area contributed by atoms with Gasteiger partial charge in [-0.3, -0.25) is 0 Å². The van der Waals surface area contributed by atoms with Gasteiger partial charge >= 0.3 is 0 Å². The smallest absolute Gasteiger partial charge is 0.0746 e. The first kappa shape index (κ1) is 36.4. The maximum absolute atomic E-state index is 2.57. The Morgan fingerprint density at radius 2 is 0.703 bits per heavy atom. The zero-order chi connectivity index (χ0) is 42.2. The Labute approximate surface area is 373 Å². The van der Waals surface area contributed by atoms with Crippen LogP contribution < -0.4 is 4.90 Å². The highest BCUT2D eigenvalue weighted by Crippen LogP contribution is 2.65. The summed E-state index contributed by atoms with van der Waals surface area (Å²) in [5, 5.41) is 4.90. The fourth-order valence-corrected chi connectivity index (χ4v) is 11.1. The predicted molar refractivity (Wildman–Crippen MR) is 269 cm³/mol. The van der Waals surface area contributed by atoms with E-state index in [1.165, 1.54) is 99.4 Å². The van der Waals surface area contributed by atoms with Gasteiger partial charge in [0.05, 0.1) is 16.8 Å². The first-order chi connectivity index (χ1) is 31.8.